The summed E-state index contributed by atoms with van der Waals surface area (Å²) in [6.45, 7) is 1.93. The van der Waals surface area contributed by atoms with Gasteiger partial charge in [0.2, 0.25) is 5.91 Å². The number of hydrogen-bond acceptors (Lipinski definition) is 2. The molecule has 1 aliphatic carbocycles. The second kappa shape index (κ2) is 8.39. The number of carbonyl (C=O) groups excluding carboxylic acids is 1. The van der Waals surface area contributed by atoms with Gasteiger partial charge in [-0.15, -0.1) is 0 Å². The third-order valence-electron chi connectivity index (χ3n) is 4.26. The van der Waals surface area contributed by atoms with Crippen LogP contribution in [0.2, 0.25) is 0 Å². The fraction of sp³-hybridized carbons (Fsp3) is 0.867. The van der Waals surface area contributed by atoms with Crippen LogP contribution in [-0.4, -0.2) is 29.2 Å². The van der Waals surface area contributed by atoms with E-state index in [4.69, 9.17) is 5.11 Å². The largest absolute Gasteiger partial charge is 0.480 e. The molecule has 1 unspecified atom stereocenters. The Morgan fingerprint density at radius 2 is 1.82 bits per heavy atom. The minimum Gasteiger partial charge on any atom is -0.480 e. The van der Waals surface area contributed by atoms with Crippen LogP contribution >= 0.6 is 0 Å². The number of carbonyl (C=O) groups is 2. The van der Waals surface area contributed by atoms with E-state index >= 15 is 0 Å². The van der Waals surface area contributed by atoms with Crippen LogP contribution in [0.5, 0.6) is 0 Å². The zero-order valence-corrected chi connectivity index (χ0v) is 12.8. The van der Waals surface area contributed by atoms with Crippen LogP contribution in [0.4, 0.5) is 13.2 Å². The normalized spacial score (nSPS) is 23.8. The zero-order valence-electron chi connectivity index (χ0n) is 12.8. The van der Waals surface area contributed by atoms with Crippen molar-refractivity contribution in [3.63, 3.8) is 0 Å². The Hall–Kier alpha value is -1.27. The van der Waals surface area contributed by atoms with Gasteiger partial charge < -0.3 is 10.4 Å². The Balaban J connectivity index is 2.38. The Bertz CT molecular complexity index is 377. The van der Waals surface area contributed by atoms with Gasteiger partial charge in [0.25, 0.3) is 0 Å². The first-order valence-corrected chi connectivity index (χ1v) is 7.82. The summed E-state index contributed by atoms with van der Waals surface area (Å²) in [5.74, 6) is -2.79. The summed E-state index contributed by atoms with van der Waals surface area (Å²) >= 11 is 0. The van der Waals surface area contributed by atoms with Gasteiger partial charge in [0.05, 0.1) is 5.92 Å². The van der Waals surface area contributed by atoms with E-state index in [-0.39, 0.29) is 31.1 Å². The fourth-order valence-electron chi connectivity index (χ4n) is 2.87. The van der Waals surface area contributed by atoms with Gasteiger partial charge in [0, 0.05) is 6.42 Å². The lowest BCUT2D eigenvalue weighted by molar-refractivity contribution is -0.184. The van der Waals surface area contributed by atoms with Crippen LogP contribution in [0.1, 0.15) is 58.3 Å². The SMILES string of the molecule is CCCCC(NC(=O)CC1CCC(C(F)(F)F)CC1)C(=O)O. The summed E-state index contributed by atoms with van der Waals surface area (Å²) in [4.78, 5) is 22.9. The first kappa shape index (κ1) is 18.8. The maximum absolute atomic E-state index is 12.6. The molecule has 1 rings (SSSR count). The highest BCUT2D eigenvalue weighted by molar-refractivity contribution is 5.83. The third-order valence-corrected chi connectivity index (χ3v) is 4.26. The van der Waals surface area contributed by atoms with Gasteiger partial charge in [-0.1, -0.05) is 19.8 Å². The maximum Gasteiger partial charge on any atom is 0.391 e. The molecule has 1 aliphatic rings. The van der Waals surface area contributed by atoms with Gasteiger partial charge in [-0.05, 0) is 38.0 Å². The molecule has 22 heavy (non-hydrogen) atoms. The van der Waals surface area contributed by atoms with Crippen molar-refractivity contribution in [3.8, 4) is 0 Å². The van der Waals surface area contributed by atoms with Crippen LogP contribution in [0.25, 0.3) is 0 Å². The number of alkyl halides is 3. The number of rotatable bonds is 7. The number of nitrogens with one attached hydrogen (secondary N) is 1. The predicted octanol–water partition coefficient (Wildman–Crippen LogP) is 3.50. The number of hydrogen-bond donors (Lipinski definition) is 2. The highest BCUT2D eigenvalue weighted by atomic mass is 19.4. The van der Waals surface area contributed by atoms with Crippen LogP contribution in [-0.2, 0) is 9.59 Å². The van der Waals surface area contributed by atoms with Crippen LogP contribution in [0.15, 0.2) is 0 Å². The van der Waals surface area contributed by atoms with Crippen molar-refractivity contribution in [2.24, 2.45) is 11.8 Å². The molecular formula is C15H24F3NO3. The molecule has 128 valence electrons. The second-order valence-corrected chi connectivity index (χ2v) is 6.06. The fourth-order valence-corrected chi connectivity index (χ4v) is 2.87. The minimum absolute atomic E-state index is 0.0552. The van der Waals surface area contributed by atoms with E-state index in [9.17, 15) is 22.8 Å². The van der Waals surface area contributed by atoms with E-state index < -0.39 is 24.1 Å². The molecule has 0 aliphatic heterocycles. The molecule has 4 nitrogen and oxygen atoms in total. The Morgan fingerprint density at radius 3 is 2.27 bits per heavy atom. The molecule has 0 radical (unpaired) electrons. The number of halogens is 3. The summed E-state index contributed by atoms with van der Waals surface area (Å²) in [7, 11) is 0. The van der Waals surface area contributed by atoms with E-state index in [0.717, 1.165) is 6.42 Å². The molecule has 1 saturated carbocycles. The predicted molar refractivity (Wildman–Crippen MR) is 75.2 cm³/mol. The number of unbranched alkanes of at least 4 members (excludes halogenated alkanes) is 1. The molecule has 1 fully saturated rings. The molecule has 7 heteroatoms. The summed E-state index contributed by atoms with van der Waals surface area (Å²) < 4.78 is 37.7. The van der Waals surface area contributed by atoms with Gasteiger partial charge in [-0.3, -0.25) is 4.79 Å². The lowest BCUT2D eigenvalue weighted by Crippen LogP contribution is -2.41. The Morgan fingerprint density at radius 1 is 1.23 bits per heavy atom. The van der Waals surface area contributed by atoms with Crippen molar-refractivity contribution < 1.29 is 27.9 Å². The molecule has 1 atom stereocenters. The van der Waals surface area contributed by atoms with Gasteiger partial charge >= 0.3 is 12.1 Å². The first-order chi connectivity index (χ1) is 10.2. The summed E-state index contributed by atoms with van der Waals surface area (Å²) in [6.07, 6.45) is -1.29. The van der Waals surface area contributed by atoms with Gasteiger partial charge in [0.15, 0.2) is 0 Å². The standard InChI is InChI=1S/C15H24F3NO3/c1-2-3-4-12(14(21)22)19-13(20)9-10-5-7-11(8-6-10)15(16,17)18/h10-12H,2-9H2,1H3,(H,19,20)(H,21,22). The molecule has 0 aromatic carbocycles. The van der Waals surface area contributed by atoms with Crippen molar-refractivity contribution in [2.75, 3.05) is 0 Å². The molecule has 0 spiro atoms. The molecule has 0 saturated heterocycles. The lowest BCUT2D eigenvalue weighted by atomic mass is 9.80. The van der Waals surface area contributed by atoms with Crippen molar-refractivity contribution in [1.82, 2.24) is 5.32 Å². The van der Waals surface area contributed by atoms with Crippen LogP contribution in [0.3, 0.4) is 0 Å². The Kier molecular flexibility index (Phi) is 7.16. The lowest BCUT2D eigenvalue weighted by Gasteiger charge is -2.29. The Labute approximate surface area is 128 Å². The van der Waals surface area contributed by atoms with E-state index in [0.29, 0.717) is 25.7 Å². The average Bonchev–Trinajstić information content (AvgIpc) is 2.42. The first-order valence-electron chi connectivity index (χ1n) is 7.82. The highest BCUT2D eigenvalue weighted by Gasteiger charge is 2.41. The van der Waals surface area contributed by atoms with E-state index in [1.165, 1.54) is 0 Å². The topological polar surface area (TPSA) is 66.4 Å². The molecule has 0 bridgehead atoms. The van der Waals surface area contributed by atoms with Crippen molar-refractivity contribution in [3.05, 3.63) is 0 Å². The summed E-state index contributed by atoms with van der Waals surface area (Å²) in [6, 6.07) is -0.904. The number of aliphatic carboxylic acids is 1. The number of carboxylic acids is 1. The third kappa shape index (κ3) is 6.23. The van der Waals surface area contributed by atoms with E-state index in [1.54, 1.807) is 0 Å². The quantitative estimate of drug-likeness (QED) is 0.753. The minimum atomic E-state index is -4.15. The monoisotopic (exact) mass is 323 g/mol. The smallest absolute Gasteiger partial charge is 0.391 e. The molecular weight excluding hydrogens is 299 g/mol. The number of carboxylic acid groups (broad SMARTS) is 1. The van der Waals surface area contributed by atoms with Gasteiger partial charge in [-0.2, -0.15) is 13.2 Å². The van der Waals surface area contributed by atoms with E-state index in [1.807, 2.05) is 6.92 Å². The number of amides is 1. The van der Waals surface area contributed by atoms with Gasteiger partial charge in [0.1, 0.15) is 6.04 Å². The maximum atomic E-state index is 12.6. The summed E-state index contributed by atoms with van der Waals surface area (Å²) in [5, 5.41) is 11.5. The van der Waals surface area contributed by atoms with E-state index in [2.05, 4.69) is 5.32 Å². The molecule has 0 aromatic rings. The van der Waals surface area contributed by atoms with Crippen molar-refractivity contribution in [1.29, 1.82) is 0 Å². The van der Waals surface area contributed by atoms with Crippen molar-refractivity contribution in [2.45, 2.75) is 70.5 Å². The highest BCUT2D eigenvalue weighted by Crippen LogP contribution is 2.40. The molecule has 1 amide bonds. The average molecular weight is 323 g/mol. The van der Waals surface area contributed by atoms with Crippen LogP contribution < -0.4 is 5.32 Å². The van der Waals surface area contributed by atoms with Crippen molar-refractivity contribution >= 4 is 11.9 Å². The van der Waals surface area contributed by atoms with Gasteiger partial charge in [-0.25, -0.2) is 4.79 Å². The zero-order chi connectivity index (χ0) is 16.8. The van der Waals surface area contributed by atoms with Crippen LogP contribution in [0, 0.1) is 11.8 Å². The molecule has 0 aromatic heterocycles. The molecule has 0 heterocycles. The molecule has 2 N–H and O–H groups in total. The second-order valence-electron chi connectivity index (χ2n) is 6.06. The summed E-state index contributed by atoms with van der Waals surface area (Å²) in [5.41, 5.74) is 0.